The van der Waals surface area contributed by atoms with Gasteiger partial charge in [-0.3, -0.25) is 0 Å². The van der Waals surface area contributed by atoms with Crippen molar-refractivity contribution in [3.05, 3.63) is 48.3 Å². The average molecular weight is 248 g/mol. The summed E-state index contributed by atoms with van der Waals surface area (Å²) in [5.74, 6) is 0.431. The third-order valence-electron chi connectivity index (χ3n) is 2.55. The van der Waals surface area contributed by atoms with Crippen molar-refractivity contribution in [3.8, 4) is 16.9 Å². The number of hydrogen-bond donors (Lipinski definition) is 0. The van der Waals surface area contributed by atoms with Crippen LogP contribution in [0.2, 0.25) is 0 Å². The quantitative estimate of drug-likeness (QED) is 0.752. The van der Waals surface area contributed by atoms with E-state index in [1.807, 2.05) is 30.5 Å². The molecule has 0 amide bonds. The Morgan fingerprint density at radius 3 is 2.65 bits per heavy atom. The highest BCUT2D eigenvalue weighted by molar-refractivity contribution is 7.98. The smallest absolute Gasteiger partial charge is 0.131 e. The number of ether oxygens (including phenoxy) is 1. The Kier molecular flexibility index (Phi) is 3.69. The first-order valence-electron chi connectivity index (χ1n) is 5.22. The lowest BCUT2D eigenvalue weighted by Crippen LogP contribution is -1.88. The molecule has 2 aromatic rings. The summed E-state index contributed by atoms with van der Waals surface area (Å²) in [5, 5.41) is 0. The van der Waals surface area contributed by atoms with Crippen molar-refractivity contribution >= 4 is 11.8 Å². The molecule has 0 saturated carbocycles. The van der Waals surface area contributed by atoms with Crippen molar-refractivity contribution in [2.24, 2.45) is 0 Å². The maximum absolute atomic E-state index is 13.8. The molecular formula is C14H13FOS. The second-order valence-corrected chi connectivity index (χ2v) is 4.46. The van der Waals surface area contributed by atoms with Crippen LogP contribution in [0.15, 0.2) is 47.4 Å². The number of methoxy groups -OCH3 is 1. The van der Waals surface area contributed by atoms with Crippen LogP contribution in [0.1, 0.15) is 0 Å². The summed E-state index contributed by atoms with van der Waals surface area (Å²) in [6.45, 7) is 0. The first-order chi connectivity index (χ1) is 8.24. The summed E-state index contributed by atoms with van der Waals surface area (Å²) >= 11 is 1.64. The standard InChI is InChI=1S/C14H13FOS/c1-16-11-6-7-14(15)13(9-11)10-4-3-5-12(8-10)17-2/h3-9H,1-2H3. The van der Waals surface area contributed by atoms with Crippen LogP contribution in [0.5, 0.6) is 5.75 Å². The molecule has 0 atom stereocenters. The van der Waals surface area contributed by atoms with Crippen LogP contribution < -0.4 is 4.74 Å². The maximum atomic E-state index is 13.8. The third-order valence-corrected chi connectivity index (χ3v) is 3.28. The lowest BCUT2D eigenvalue weighted by molar-refractivity contribution is 0.414. The van der Waals surface area contributed by atoms with Gasteiger partial charge in [0.05, 0.1) is 7.11 Å². The summed E-state index contributed by atoms with van der Waals surface area (Å²) < 4.78 is 18.9. The molecule has 1 nitrogen and oxygen atoms in total. The van der Waals surface area contributed by atoms with Gasteiger partial charge < -0.3 is 4.74 Å². The molecule has 0 heterocycles. The van der Waals surface area contributed by atoms with Crippen molar-refractivity contribution in [2.75, 3.05) is 13.4 Å². The van der Waals surface area contributed by atoms with E-state index in [0.29, 0.717) is 11.3 Å². The van der Waals surface area contributed by atoms with Crippen molar-refractivity contribution < 1.29 is 9.13 Å². The Bertz CT molecular complexity index is 525. The largest absolute Gasteiger partial charge is 0.497 e. The van der Waals surface area contributed by atoms with Gasteiger partial charge >= 0.3 is 0 Å². The van der Waals surface area contributed by atoms with Gasteiger partial charge in [-0.1, -0.05) is 12.1 Å². The van der Waals surface area contributed by atoms with Gasteiger partial charge in [0.2, 0.25) is 0 Å². The number of halogens is 1. The second-order valence-electron chi connectivity index (χ2n) is 3.58. The van der Waals surface area contributed by atoms with Gasteiger partial charge in [-0.2, -0.15) is 0 Å². The van der Waals surface area contributed by atoms with Gasteiger partial charge in [0, 0.05) is 10.5 Å². The zero-order valence-electron chi connectivity index (χ0n) is 9.74. The van der Waals surface area contributed by atoms with Gasteiger partial charge in [0.15, 0.2) is 0 Å². The molecule has 2 aromatic carbocycles. The number of hydrogen-bond acceptors (Lipinski definition) is 2. The van der Waals surface area contributed by atoms with E-state index in [4.69, 9.17) is 4.74 Å². The molecule has 2 rings (SSSR count). The normalized spacial score (nSPS) is 10.3. The molecule has 88 valence electrons. The molecule has 0 bridgehead atoms. The first-order valence-corrected chi connectivity index (χ1v) is 6.45. The van der Waals surface area contributed by atoms with E-state index < -0.39 is 0 Å². The average Bonchev–Trinajstić information content (AvgIpc) is 2.39. The van der Waals surface area contributed by atoms with Crippen LogP contribution in [0.3, 0.4) is 0 Å². The Hall–Kier alpha value is -1.48. The van der Waals surface area contributed by atoms with Gasteiger partial charge in [-0.05, 0) is 42.2 Å². The van der Waals surface area contributed by atoms with Crippen LogP contribution in [0.4, 0.5) is 4.39 Å². The zero-order valence-corrected chi connectivity index (χ0v) is 10.6. The third kappa shape index (κ3) is 2.61. The van der Waals surface area contributed by atoms with Crippen LogP contribution in [-0.4, -0.2) is 13.4 Å². The molecule has 3 heteroatoms. The van der Waals surface area contributed by atoms with Crippen LogP contribution in [0.25, 0.3) is 11.1 Å². The van der Waals surface area contributed by atoms with Crippen LogP contribution >= 0.6 is 11.8 Å². The minimum Gasteiger partial charge on any atom is -0.497 e. The molecule has 0 unspecified atom stereocenters. The van der Waals surface area contributed by atoms with E-state index in [9.17, 15) is 4.39 Å². The fraction of sp³-hybridized carbons (Fsp3) is 0.143. The number of rotatable bonds is 3. The molecule has 0 fully saturated rings. The van der Waals surface area contributed by atoms with E-state index in [1.54, 1.807) is 31.0 Å². The maximum Gasteiger partial charge on any atom is 0.131 e. The molecule has 0 N–H and O–H groups in total. The molecule has 0 aliphatic carbocycles. The van der Waals surface area contributed by atoms with E-state index in [2.05, 4.69) is 0 Å². The molecule has 0 radical (unpaired) electrons. The lowest BCUT2D eigenvalue weighted by atomic mass is 10.1. The second kappa shape index (κ2) is 5.23. The van der Waals surface area contributed by atoms with E-state index in [-0.39, 0.29) is 5.82 Å². The van der Waals surface area contributed by atoms with Gasteiger partial charge in [-0.15, -0.1) is 11.8 Å². The fourth-order valence-corrected chi connectivity index (χ4v) is 2.10. The van der Waals surface area contributed by atoms with Gasteiger partial charge in [0.25, 0.3) is 0 Å². The molecule has 0 aliphatic rings. The SMILES string of the molecule is COc1ccc(F)c(-c2cccc(SC)c2)c1. The predicted molar refractivity (Wildman–Crippen MR) is 70.2 cm³/mol. The van der Waals surface area contributed by atoms with Crippen molar-refractivity contribution in [1.82, 2.24) is 0 Å². The van der Waals surface area contributed by atoms with Gasteiger partial charge in [0.1, 0.15) is 11.6 Å². The number of thioether (sulfide) groups is 1. The summed E-state index contributed by atoms with van der Waals surface area (Å²) in [5.41, 5.74) is 1.44. The Morgan fingerprint density at radius 1 is 1.12 bits per heavy atom. The van der Waals surface area contributed by atoms with Crippen molar-refractivity contribution in [1.29, 1.82) is 0 Å². The Labute approximate surface area is 105 Å². The molecule has 0 saturated heterocycles. The zero-order chi connectivity index (χ0) is 12.3. The van der Waals surface area contributed by atoms with Gasteiger partial charge in [-0.25, -0.2) is 4.39 Å². The van der Waals surface area contributed by atoms with Crippen molar-refractivity contribution in [2.45, 2.75) is 4.90 Å². The van der Waals surface area contributed by atoms with Crippen LogP contribution in [0, 0.1) is 5.82 Å². The topological polar surface area (TPSA) is 9.23 Å². The Balaban J connectivity index is 2.50. The Morgan fingerprint density at radius 2 is 1.94 bits per heavy atom. The molecule has 0 aliphatic heterocycles. The highest BCUT2D eigenvalue weighted by Crippen LogP contribution is 2.29. The monoisotopic (exact) mass is 248 g/mol. The summed E-state index contributed by atoms with van der Waals surface area (Å²) in [4.78, 5) is 1.12. The van der Waals surface area contributed by atoms with Crippen LogP contribution in [-0.2, 0) is 0 Å². The molecule has 17 heavy (non-hydrogen) atoms. The van der Waals surface area contributed by atoms with E-state index in [1.165, 1.54) is 6.07 Å². The minimum atomic E-state index is -0.232. The molecular weight excluding hydrogens is 235 g/mol. The van der Waals surface area contributed by atoms with Crippen molar-refractivity contribution in [3.63, 3.8) is 0 Å². The highest BCUT2D eigenvalue weighted by Gasteiger charge is 2.07. The highest BCUT2D eigenvalue weighted by atomic mass is 32.2. The minimum absolute atomic E-state index is 0.232. The summed E-state index contributed by atoms with van der Waals surface area (Å²) in [7, 11) is 1.58. The molecule has 0 aromatic heterocycles. The summed E-state index contributed by atoms with van der Waals surface area (Å²) in [6.07, 6.45) is 2.00. The number of benzene rings is 2. The first kappa shape index (κ1) is 12.0. The summed E-state index contributed by atoms with van der Waals surface area (Å²) in [6, 6.07) is 12.6. The van der Waals surface area contributed by atoms with E-state index >= 15 is 0 Å². The molecule has 0 spiro atoms. The predicted octanol–water partition coefficient (Wildman–Crippen LogP) is 4.22. The van der Waals surface area contributed by atoms with E-state index in [0.717, 1.165) is 10.5 Å². The fourth-order valence-electron chi connectivity index (χ4n) is 1.64. The lowest BCUT2D eigenvalue weighted by Gasteiger charge is -2.07.